The second-order valence-corrected chi connectivity index (χ2v) is 21.4. The molecule has 0 spiro atoms. The van der Waals surface area contributed by atoms with Crippen LogP contribution in [0.4, 0.5) is 0 Å². The predicted octanol–water partition coefficient (Wildman–Crippen LogP) is 20.9. The summed E-state index contributed by atoms with van der Waals surface area (Å²) in [5.41, 5.74) is 0. The van der Waals surface area contributed by atoms with Crippen LogP contribution in [-0.2, 0) is 9.53 Å². The number of unbranched alkanes of at least 4 members (excludes halogenated alkanes) is 37. The summed E-state index contributed by atoms with van der Waals surface area (Å²) in [6.07, 6.45) is 70.0. The fourth-order valence-electron chi connectivity index (χ4n) is 10.2. The minimum absolute atomic E-state index is 0.0252. The number of hydrogen-bond donors (Lipinski definition) is 0. The second kappa shape index (κ2) is 54.0. The molecule has 0 saturated carbocycles. The lowest BCUT2D eigenvalue weighted by Crippen LogP contribution is -2.14. The van der Waals surface area contributed by atoms with Crippen molar-refractivity contribution < 1.29 is 9.53 Å². The highest BCUT2D eigenvalue weighted by molar-refractivity contribution is 5.69. The molecular formula is C60H121NO2. The number of hydrogen-bond acceptors (Lipinski definition) is 3. The van der Waals surface area contributed by atoms with E-state index in [0.717, 1.165) is 37.6 Å². The van der Waals surface area contributed by atoms with Crippen LogP contribution in [0.3, 0.4) is 0 Å². The van der Waals surface area contributed by atoms with Crippen LogP contribution in [0.25, 0.3) is 0 Å². The van der Waals surface area contributed by atoms with E-state index in [-0.39, 0.29) is 5.97 Å². The van der Waals surface area contributed by atoms with Crippen LogP contribution in [0.1, 0.15) is 342 Å². The van der Waals surface area contributed by atoms with Gasteiger partial charge in [-0.1, -0.05) is 316 Å². The van der Waals surface area contributed by atoms with Crippen molar-refractivity contribution in [3.63, 3.8) is 0 Å². The fourth-order valence-corrected chi connectivity index (χ4v) is 10.2. The number of carbonyl (C=O) groups excluding carboxylic acids is 1. The number of nitrogens with zero attached hydrogens (tertiary/aromatic N) is 1. The van der Waals surface area contributed by atoms with Crippen LogP contribution in [-0.4, -0.2) is 38.1 Å². The van der Waals surface area contributed by atoms with Crippen molar-refractivity contribution in [2.45, 2.75) is 342 Å². The average molecular weight is 889 g/mol. The van der Waals surface area contributed by atoms with Gasteiger partial charge in [0.1, 0.15) is 0 Å². The zero-order chi connectivity index (χ0) is 45.8. The Hall–Kier alpha value is -0.570. The molecule has 0 N–H and O–H groups in total. The summed E-state index contributed by atoms with van der Waals surface area (Å²) < 4.78 is 5.55. The number of esters is 1. The number of carbonyl (C=O) groups is 1. The van der Waals surface area contributed by atoms with Gasteiger partial charge in [0.25, 0.3) is 0 Å². The summed E-state index contributed by atoms with van der Waals surface area (Å²) in [7, 11) is 4.21. The van der Waals surface area contributed by atoms with Crippen LogP contribution in [0, 0.1) is 11.8 Å². The summed E-state index contributed by atoms with van der Waals surface area (Å²) >= 11 is 0. The first-order chi connectivity index (χ1) is 31.0. The molecule has 2 atom stereocenters. The first-order valence-corrected chi connectivity index (χ1v) is 29.8. The van der Waals surface area contributed by atoms with Crippen molar-refractivity contribution in [3.8, 4) is 0 Å². The SMILES string of the molecule is CCCCCCCCCCCCCCCCCCC(CCCCCCCCC(CCCCCCCCCC)CCCCCCCCCCC)CCCCC(=O)OCCCCN(C)C. The van der Waals surface area contributed by atoms with Gasteiger partial charge in [-0.15, -0.1) is 0 Å². The Morgan fingerprint density at radius 3 is 0.810 bits per heavy atom. The van der Waals surface area contributed by atoms with Crippen molar-refractivity contribution in [3.05, 3.63) is 0 Å². The summed E-state index contributed by atoms with van der Waals surface area (Å²) in [5, 5.41) is 0. The quantitative estimate of drug-likeness (QED) is 0.0450. The van der Waals surface area contributed by atoms with Gasteiger partial charge >= 0.3 is 5.97 Å². The Balaban J connectivity index is 4.46. The molecule has 0 aromatic heterocycles. The van der Waals surface area contributed by atoms with Gasteiger partial charge in [-0.25, -0.2) is 0 Å². The van der Waals surface area contributed by atoms with Gasteiger partial charge in [-0.3, -0.25) is 4.79 Å². The fraction of sp³-hybridized carbons (Fsp3) is 0.983. The normalized spacial score (nSPS) is 12.7. The minimum atomic E-state index is 0.0252. The molecule has 0 aromatic rings. The molecule has 0 radical (unpaired) electrons. The third-order valence-corrected chi connectivity index (χ3v) is 14.6. The first-order valence-electron chi connectivity index (χ1n) is 29.8. The van der Waals surface area contributed by atoms with Gasteiger partial charge < -0.3 is 9.64 Å². The van der Waals surface area contributed by atoms with Crippen molar-refractivity contribution >= 4 is 5.97 Å². The molecule has 0 fully saturated rings. The third-order valence-electron chi connectivity index (χ3n) is 14.6. The Morgan fingerprint density at radius 1 is 0.317 bits per heavy atom. The number of rotatable bonds is 55. The summed E-state index contributed by atoms with van der Waals surface area (Å²) in [4.78, 5) is 14.6. The molecule has 3 heteroatoms. The summed E-state index contributed by atoms with van der Waals surface area (Å²) in [5.74, 6) is 1.88. The standard InChI is InChI=1S/C60H121NO2/c1-6-9-12-15-18-21-22-23-24-25-26-27-29-32-37-42-52-59(54-45-46-55-60(62)63-57-48-47-56-61(4)5)53-44-39-34-33-38-43-51-58(49-40-35-30-20-17-14-11-8-3)50-41-36-31-28-19-16-13-10-7-2/h58-59H,6-57H2,1-5H3. The van der Waals surface area contributed by atoms with Crippen LogP contribution >= 0.6 is 0 Å². The molecule has 2 unspecified atom stereocenters. The second-order valence-electron chi connectivity index (χ2n) is 21.4. The zero-order valence-electron chi connectivity index (χ0n) is 44.7. The maximum Gasteiger partial charge on any atom is 0.305 e. The maximum absolute atomic E-state index is 12.4. The molecule has 0 aliphatic heterocycles. The van der Waals surface area contributed by atoms with Crippen LogP contribution in [0.15, 0.2) is 0 Å². The zero-order valence-corrected chi connectivity index (χ0v) is 44.7. The van der Waals surface area contributed by atoms with Crippen LogP contribution < -0.4 is 0 Å². The van der Waals surface area contributed by atoms with E-state index in [0.29, 0.717) is 13.0 Å². The van der Waals surface area contributed by atoms with Crippen molar-refractivity contribution in [2.75, 3.05) is 27.2 Å². The molecular weight excluding hydrogens is 767 g/mol. The summed E-state index contributed by atoms with van der Waals surface area (Å²) in [6.45, 7) is 8.62. The molecule has 0 saturated heterocycles. The van der Waals surface area contributed by atoms with E-state index in [4.69, 9.17) is 4.74 Å². The topological polar surface area (TPSA) is 29.5 Å². The molecule has 0 heterocycles. The van der Waals surface area contributed by atoms with Gasteiger partial charge in [0.05, 0.1) is 6.61 Å². The van der Waals surface area contributed by atoms with Gasteiger partial charge in [-0.05, 0) is 51.7 Å². The molecule has 63 heavy (non-hydrogen) atoms. The van der Waals surface area contributed by atoms with Crippen LogP contribution in [0.5, 0.6) is 0 Å². The molecule has 0 aliphatic rings. The molecule has 0 aliphatic carbocycles. The van der Waals surface area contributed by atoms with Gasteiger partial charge in [0.2, 0.25) is 0 Å². The Bertz CT molecular complexity index is 842. The minimum Gasteiger partial charge on any atom is -0.466 e. The average Bonchev–Trinajstić information content (AvgIpc) is 3.27. The Labute approximate surface area is 399 Å². The third kappa shape index (κ3) is 52.3. The van der Waals surface area contributed by atoms with E-state index in [1.165, 1.54) is 295 Å². The molecule has 0 rings (SSSR count). The largest absolute Gasteiger partial charge is 0.466 e. The first kappa shape index (κ1) is 62.4. The Morgan fingerprint density at radius 2 is 0.556 bits per heavy atom. The number of ether oxygens (including phenoxy) is 1. The van der Waals surface area contributed by atoms with Crippen molar-refractivity contribution in [1.82, 2.24) is 4.90 Å². The smallest absolute Gasteiger partial charge is 0.305 e. The van der Waals surface area contributed by atoms with E-state index < -0.39 is 0 Å². The maximum atomic E-state index is 12.4. The van der Waals surface area contributed by atoms with E-state index in [2.05, 4.69) is 39.8 Å². The van der Waals surface area contributed by atoms with E-state index in [9.17, 15) is 4.79 Å². The highest BCUT2D eigenvalue weighted by atomic mass is 16.5. The molecule has 3 nitrogen and oxygen atoms in total. The molecule has 0 aromatic carbocycles. The lowest BCUT2D eigenvalue weighted by Gasteiger charge is -2.18. The highest BCUT2D eigenvalue weighted by Gasteiger charge is 2.12. The molecule has 378 valence electrons. The van der Waals surface area contributed by atoms with Gasteiger partial charge in [0.15, 0.2) is 0 Å². The van der Waals surface area contributed by atoms with Crippen molar-refractivity contribution in [2.24, 2.45) is 11.8 Å². The Kier molecular flexibility index (Phi) is 53.6. The summed E-state index contributed by atoms with van der Waals surface area (Å²) in [6, 6.07) is 0. The van der Waals surface area contributed by atoms with Crippen molar-refractivity contribution in [1.29, 1.82) is 0 Å². The molecule has 0 bridgehead atoms. The van der Waals surface area contributed by atoms with Crippen LogP contribution in [0.2, 0.25) is 0 Å². The highest BCUT2D eigenvalue weighted by Crippen LogP contribution is 2.27. The van der Waals surface area contributed by atoms with E-state index in [1.807, 2.05) is 0 Å². The van der Waals surface area contributed by atoms with E-state index in [1.54, 1.807) is 0 Å². The monoisotopic (exact) mass is 888 g/mol. The van der Waals surface area contributed by atoms with Gasteiger partial charge in [-0.2, -0.15) is 0 Å². The van der Waals surface area contributed by atoms with Gasteiger partial charge in [0, 0.05) is 6.42 Å². The lowest BCUT2D eigenvalue weighted by molar-refractivity contribution is -0.143. The van der Waals surface area contributed by atoms with E-state index >= 15 is 0 Å². The predicted molar refractivity (Wildman–Crippen MR) is 284 cm³/mol. The molecule has 0 amide bonds. The lowest BCUT2D eigenvalue weighted by atomic mass is 9.88.